The van der Waals surface area contributed by atoms with Gasteiger partial charge in [0.25, 0.3) is 5.56 Å². The third kappa shape index (κ3) is 2.78. The summed E-state index contributed by atoms with van der Waals surface area (Å²) >= 11 is 3.34. The van der Waals surface area contributed by atoms with E-state index >= 15 is 0 Å². The molecule has 0 aromatic carbocycles. The maximum absolute atomic E-state index is 13.0. The van der Waals surface area contributed by atoms with Gasteiger partial charge in [0.15, 0.2) is 5.16 Å². The molecule has 3 aromatic heterocycles. The standard InChI is InChI=1S/C18H19N3OS2/c1-2-21-17(22)15-13-7-3-4-8-14(13)24-16(15)20-18(21)23-11-12-6-5-9-19-10-12/h5-6,9-10H,2-4,7-8,11H2,1H3. The molecule has 1 aliphatic rings. The van der Waals surface area contributed by atoms with Crippen LogP contribution in [0, 0.1) is 0 Å². The van der Waals surface area contributed by atoms with Gasteiger partial charge in [-0.15, -0.1) is 11.3 Å². The van der Waals surface area contributed by atoms with Crippen molar-refractivity contribution in [3.63, 3.8) is 0 Å². The zero-order valence-electron chi connectivity index (χ0n) is 13.6. The SMILES string of the molecule is CCn1c(SCc2cccnc2)nc2sc3c(c2c1=O)CCCC3. The van der Waals surface area contributed by atoms with E-state index in [1.807, 2.05) is 23.8 Å². The van der Waals surface area contributed by atoms with Crippen LogP contribution in [-0.4, -0.2) is 14.5 Å². The molecule has 0 saturated heterocycles. The molecule has 1 aliphatic carbocycles. The van der Waals surface area contributed by atoms with Crippen molar-refractivity contribution in [1.29, 1.82) is 0 Å². The number of hydrogen-bond acceptors (Lipinski definition) is 5. The highest BCUT2D eigenvalue weighted by molar-refractivity contribution is 7.98. The first-order valence-corrected chi connectivity index (χ1v) is 10.1. The Morgan fingerprint density at radius 2 is 2.21 bits per heavy atom. The summed E-state index contributed by atoms with van der Waals surface area (Å²) in [6.45, 7) is 2.67. The van der Waals surface area contributed by atoms with E-state index in [1.54, 1.807) is 29.3 Å². The molecule has 3 aromatic rings. The van der Waals surface area contributed by atoms with E-state index in [0.29, 0.717) is 6.54 Å². The summed E-state index contributed by atoms with van der Waals surface area (Å²) in [5, 5.41) is 1.69. The van der Waals surface area contributed by atoms with E-state index in [0.717, 1.165) is 39.5 Å². The van der Waals surface area contributed by atoms with Crippen molar-refractivity contribution in [3.8, 4) is 0 Å². The molecule has 0 radical (unpaired) electrons. The number of fused-ring (bicyclic) bond motifs is 3. The molecule has 4 nitrogen and oxygen atoms in total. The van der Waals surface area contributed by atoms with Crippen molar-refractivity contribution in [2.75, 3.05) is 0 Å². The van der Waals surface area contributed by atoms with E-state index in [2.05, 4.69) is 11.1 Å². The van der Waals surface area contributed by atoms with E-state index in [-0.39, 0.29) is 5.56 Å². The fraction of sp³-hybridized carbons (Fsp3) is 0.389. The molecule has 0 fully saturated rings. The van der Waals surface area contributed by atoms with Crippen LogP contribution in [0.25, 0.3) is 10.2 Å². The molecule has 3 heterocycles. The summed E-state index contributed by atoms with van der Waals surface area (Å²) in [6.07, 6.45) is 8.17. The van der Waals surface area contributed by atoms with Crippen LogP contribution in [0.5, 0.6) is 0 Å². The van der Waals surface area contributed by atoms with Crippen molar-refractivity contribution >= 4 is 33.3 Å². The third-order valence-corrected chi connectivity index (χ3v) is 6.68. The van der Waals surface area contributed by atoms with Gasteiger partial charge in [-0.3, -0.25) is 14.3 Å². The summed E-state index contributed by atoms with van der Waals surface area (Å²) < 4.78 is 1.82. The van der Waals surface area contributed by atoms with Crippen LogP contribution in [0.3, 0.4) is 0 Å². The number of aromatic nitrogens is 3. The second-order valence-corrected chi connectivity index (χ2v) is 8.01. The monoisotopic (exact) mass is 357 g/mol. The van der Waals surface area contributed by atoms with Gasteiger partial charge in [0.05, 0.1) is 5.39 Å². The van der Waals surface area contributed by atoms with Gasteiger partial charge in [0.2, 0.25) is 0 Å². The molecular weight excluding hydrogens is 338 g/mol. The maximum atomic E-state index is 13.0. The molecular formula is C18H19N3OS2. The highest BCUT2D eigenvalue weighted by Crippen LogP contribution is 2.35. The van der Waals surface area contributed by atoms with E-state index in [4.69, 9.17) is 4.98 Å². The Morgan fingerprint density at radius 1 is 1.33 bits per heavy atom. The zero-order valence-corrected chi connectivity index (χ0v) is 15.3. The second kappa shape index (κ2) is 6.69. The van der Waals surface area contributed by atoms with Crippen molar-refractivity contribution < 1.29 is 0 Å². The first-order chi connectivity index (χ1) is 11.8. The second-order valence-electron chi connectivity index (χ2n) is 5.98. The Bertz CT molecular complexity index is 931. The van der Waals surface area contributed by atoms with Crippen LogP contribution in [0.2, 0.25) is 0 Å². The Labute approximate surface area is 149 Å². The van der Waals surface area contributed by atoms with Gasteiger partial charge in [-0.25, -0.2) is 4.98 Å². The van der Waals surface area contributed by atoms with E-state index < -0.39 is 0 Å². The number of thioether (sulfide) groups is 1. The molecule has 0 spiro atoms. The Hall–Kier alpha value is -1.66. The molecule has 0 saturated carbocycles. The summed E-state index contributed by atoms with van der Waals surface area (Å²) in [4.78, 5) is 24.3. The number of aryl methyl sites for hydroxylation is 2. The molecule has 0 amide bonds. The fourth-order valence-corrected chi connectivity index (χ4v) is 5.54. The summed E-state index contributed by atoms with van der Waals surface area (Å²) in [7, 11) is 0. The highest BCUT2D eigenvalue weighted by atomic mass is 32.2. The van der Waals surface area contributed by atoms with Crippen LogP contribution in [0.4, 0.5) is 0 Å². The largest absolute Gasteiger partial charge is 0.287 e. The van der Waals surface area contributed by atoms with Crippen LogP contribution in [0.15, 0.2) is 34.5 Å². The average molecular weight is 358 g/mol. The van der Waals surface area contributed by atoms with E-state index in [9.17, 15) is 4.79 Å². The molecule has 0 atom stereocenters. The van der Waals surface area contributed by atoms with Gasteiger partial charge in [0.1, 0.15) is 4.83 Å². The zero-order chi connectivity index (χ0) is 16.5. The van der Waals surface area contributed by atoms with Crippen LogP contribution in [0.1, 0.15) is 35.8 Å². The molecule has 0 bridgehead atoms. The van der Waals surface area contributed by atoms with Gasteiger partial charge in [-0.1, -0.05) is 17.8 Å². The Kier molecular flexibility index (Phi) is 4.41. The van der Waals surface area contributed by atoms with Crippen LogP contribution < -0.4 is 5.56 Å². The lowest BCUT2D eigenvalue weighted by Gasteiger charge is -2.12. The number of pyridine rings is 1. The smallest absolute Gasteiger partial charge is 0.263 e. The highest BCUT2D eigenvalue weighted by Gasteiger charge is 2.21. The molecule has 0 N–H and O–H groups in total. The van der Waals surface area contributed by atoms with Crippen molar-refractivity contribution in [2.24, 2.45) is 0 Å². The quantitative estimate of drug-likeness (QED) is 0.522. The Morgan fingerprint density at radius 3 is 3.00 bits per heavy atom. The first kappa shape index (κ1) is 15.8. The molecule has 124 valence electrons. The van der Waals surface area contributed by atoms with Gasteiger partial charge in [0, 0.05) is 29.6 Å². The predicted octanol–water partition coefficient (Wildman–Crippen LogP) is 4.04. The molecule has 6 heteroatoms. The summed E-state index contributed by atoms with van der Waals surface area (Å²) in [5.74, 6) is 0.775. The number of nitrogens with zero attached hydrogens (tertiary/aromatic N) is 3. The Balaban J connectivity index is 1.76. The predicted molar refractivity (Wildman–Crippen MR) is 100.0 cm³/mol. The minimum Gasteiger partial charge on any atom is -0.287 e. The fourth-order valence-electron chi connectivity index (χ4n) is 3.24. The van der Waals surface area contributed by atoms with Crippen LogP contribution >= 0.6 is 23.1 Å². The van der Waals surface area contributed by atoms with Gasteiger partial charge in [-0.05, 0) is 49.8 Å². The first-order valence-electron chi connectivity index (χ1n) is 8.34. The van der Waals surface area contributed by atoms with E-state index in [1.165, 1.54) is 23.3 Å². The molecule has 0 aliphatic heterocycles. The van der Waals surface area contributed by atoms with Crippen LogP contribution in [-0.2, 0) is 25.1 Å². The molecule has 0 unspecified atom stereocenters. The number of rotatable bonds is 4. The van der Waals surface area contributed by atoms with Gasteiger partial charge < -0.3 is 0 Å². The van der Waals surface area contributed by atoms with Crippen molar-refractivity contribution in [2.45, 2.75) is 50.1 Å². The summed E-state index contributed by atoms with van der Waals surface area (Å²) in [5.41, 5.74) is 2.55. The lowest BCUT2D eigenvalue weighted by molar-refractivity contribution is 0.633. The maximum Gasteiger partial charge on any atom is 0.263 e. The minimum absolute atomic E-state index is 0.135. The number of thiophene rings is 1. The lowest BCUT2D eigenvalue weighted by atomic mass is 9.97. The average Bonchev–Trinajstić information content (AvgIpc) is 2.99. The lowest BCUT2D eigenvalue weighted by Crippen LogP contribution is -2.22. The van der Waals surface area contributed by atoms with Gasteiger partial charge in [-0.2, -0.15) is 0 Å². The van der Waals surface area contributed by atoms with Gasteiger partial charge >= 0.3 is 0 Å². The molecule has 4 rings (SSSR count). The van der Waals surface area contributed by atoms with Crippen molar-refractivity contribution in [1.82, 2.24) is 14.5 Å². The minimum atomic E-state index is 0.135. The summed E-state index contributed by atoms with van der Waals surface area (Å²) in [6, 6.07) is 3.99. The topological polar surface area (TPSA) is 47.8 Å². The van der Waals surface area contributed by atoms with Crippen molar-refractivity contribution in [3.05, 3.63) is 50.9 Å². The number of hydrogen-bond donors (Lipinski definition) is 0. The third-order valence-electron chi connectivity index (χ3n) is 4.45. The normalized spacial score (nSPS) is 14.0. The molecule has 24 heavy (non-hydrogen) atoms.